The van der Waals surface area contributed by atoms with Gasteiger partial charge in [0.25, 0.3) is 0 Å². The first-order valence-corrected chi connectivity index (χ1v) is 6.66. The molecule has 0 spiro atoms. The summed E-state index contributed by atoms with van der Waals surface area (Å²) in [6, 6.07) is 3.82. The van der Waals surface area contributed by atoms with Gasteiger partial charge in [-0.15, -0.1) is 0 Å². The monoisotopic (exact) mass is 286 g/mol. The topological polar surface area (TPSA) is 72.6 Å². The van der Waals surface area contributed by atoms with Gasteiger partial charge >= 0.3 is 5.69 Å². The van der Waals surface area contributed by atoms with Crippen LogP contribution >= 0.6 is 0 Å². The first-order valence-electron chi connectivity index (χ1n) is 5.55. The highest BCUT2D eigenvalue weighted by molar-refractivity contribution is 7.85. The van der Waals surface area contributed by atoms with E-state index in [4.69, 9.17) is 0 Å². The zero-order chi connectivity index (χ0) is 14.8. The fourth-order valence-corrected chi connectivity index (χ4v) is 1.87. The second-order valence-corrected chi connectivity index (χ2v) is 6.84. The third kappa shape index (κ3) is 3.66. The van der Waals surface area contributed by atoms with Gasteiger partial charge in [-0.2, -0.15) is 8.79 Å². The molecule has 0 aliphatic rings. The molecule has 0 aliphatic carbocycles. The van der Waals surface area contributed by atoms with Crippen molar-refractivity contribution in [2.24, 2.45) is 4.40 Å². The van der Waals surface area contributed by atoms with Gasteiger partial charge in [0.2, 0.25) is 5.82 Å². The Hall–Kier alpha value is -1.63. The summed E-state index contributed by atoms with van der Waals surface area (Å²) in [5.41, 5.74) is -0.449. The number of halogens is 1. The summed E-state index contributed by atoms with van der Waals surface area (Å²) in [4.78, 5) is 9.84. The molecule has 5 nitrogen and oxygen atoms in total. The van der Waals surface area contributed by atoms with Crippen molar-refractivity contribution in [3.05, 3.63) is 39.7 Å². The van der Waals surface area contributed by atoms with Gasteiger partial charge in [0.1, 0.15) is 11.0 Å². The lowest BCUT2D eigenvalue weighted by atomic mass is 10.1. The van der Waals surface area contributed by atoms with Gasteiger partial charge in [-0.1, -0.05) is 6.07 Å². The second kappa shape index (κ2) is 5.56. The lowest BCUT2D eigenvalue weighted by molar-refractivity contribution is -0.387. The van der Waals surface area contributed by atoms with Gasteiger partial charge in [-0.3, -0.25) is 10.1 Å². The zero-order valence-electron chi connectivity index (χ0n) is 11.1. The molecule has 0 saturated carbocycles. The van der Waals surface area contributed by atoms with Gasteiger partial charge in [0.15, 0.2) is 0 Å². The Labute approximate surface area is 113 Å². The number of nitrogens with zero attached hydrogens (tertiary/aromatic N) is 2. The minimum Gasteiger partial charge on any atom is -0.258 e. The maximum Gasteiger partial charge on any atom is 0.305 e. The first kappa shape index (κ1) is 15.4. The highest BCUT2D eigenvalue weighted by atomic mass is 32.2. The van der Waals surface area contributed by atoms with Gasteiger partial charge in [-0.25, -0.2) is 4.21 Å². The van der Waals surface area contributed by atoms with Crippen molar-refractivity contribution < 1.29 is 13.5 Å². The van der Waals surface area contributed by atoms with Crippen molar-refractivity contribution in [1.29, 1.82) is 0 Å². The average molecular weight is 286 g/mol. The van der Waals surface area contributed by atoms with Crippen LogP contribution < -0.4 is 0 Å². The predicted molar refractivity (Wildman–Crippen MR) is 73.2 cm³/mol. The Balaban J connectivity index is 3.25. The maximum absolute atomic E-state index is 13.9. The van der Waals surface area contributed by atoms with Crippen LogP contribution in [0.5, 0.6) is 0 Å². The number of benzene rings is 1. The fraction of sp³-hybridized carbons (Fsp3) is 0.417. The molecule has 0 saturated heterocycles. The van der Waals surface area contributed by atoms with Crippen LogP contribution in [0.4, 0.5) is 10.1 Å². The normalized spacial score (nSPS) is 14.3. The first-order chi connectivity index (χ1) is 8.64. The Morgan fingerprint density at radius 3 is 2.47 bits per heavy atom. The van der Waals surface area contributed by atoms with Gasteiger partial charge in [0, 0.05) is 11.6 Å². The molecule has 0 aromatic heterocycles. The van der Waals surface area contributed by atoms with Crippen molar-refractivity contribution in [3.8, 4) is 0 Å². The van der Waals surface area contributed by atoms with Gasteiger partial charge in [0.05, 0.1) is 15.4 Å². The standard InChI is InChI=1S/C12H15FN2O3S/c1-8(14-19(18)12(2,3)4)9-6-5-7-10(11(9)13)15(16)17/h5-7H,1-4H3. The SMILES string of the molecule is CC(=NS(=O)C(C)(C)C)c1cccc([N+](=O)[O-])c1F. The summed E-state index contributed by atoms with van der Waals surface area (Å²) in [6.45, 7) is 6.70. The molecule has 1 unspecified atom stereocenters. The lowest BCUT2D eigenvalue weighted by Gasteiger charge is -2.14. The molecule has 1 rings (SSSR count). The Morgan fingerprint density at radius 1 is 1.42 bits per heavy atom. The van der Waals surface area contributed by atoms with E-state index in [1.165, 1.54) is 19.1 Å². The van der Waals surface area contributed by atoms with Crippen LogP contribution in [0.2, 0.25) is 0 Å². The minimum absolute atomic E-state index is 0.00759. The zero-order valence-corrected chi connectivity index (χ0v) is 12.0. The lowest BCUT2D eigenvalue weighted by Crippen LogP contribution is -2.21. The molecular weight excluding hydrogens is 271 g/mol. The van der Waals surface area contributed by atoms with E-state index in [1.807, 2.05) is 0 Å². The van der Waals surface area contributed by atoms with Crippen molar-refractivity contribution in [1.82, 2.24) is 0 Å². The maximum atomic E-state index is 13.9. The summed E-state index contributed by atoms with van der Waals surface area (Å²) in [5, 5.41) is 10.6. The quantitative estimate of drug-likeness (QED) is 0.487. The molecule has 0 bridgehead atoms. The summed E-state index contributed by atoms with van der Waals surface area (Å²) < 4.78 is 29.1. The van der Waals surface area contributed by atoms with Crippen LogP contribution in [0.3, 0.4) is 0 Å². The third-order valence-corrected chi connectivity index (χ3v) is 3.80. The Bertz CT molecular complexity index is 565. The van der Waals surface area contributed by atoms with Crippen molar-refractivity contribution >= 4 is 22.4 Å². The van der Waals surface area contributed by atoms with Crippen LogP contribution in [-0.4, -0.2) is 19.6 Å². The summed E-state index contributed by atoms with van der Waals surface area (Å²) in [5.74, 6) is -0.959. The highest BCUT2D eigenvalue weighted by Gasteiger charge is 2.22. The van der Waals surface area contributed by atoms with Crippen LogP contribution in [0.1, 0.15) is 33.3 Å². The van der Waals surface area contributed by atoms with E-state index in [-0.39, 0.29) is 11.3 Å². The molecule has 7 heteroatoms. The second-order valence-electron chi connectivity index (χ2n) is 4.93. The number of nitro groups is 1. The van der Waals surface area contributed by atoms with Crippen molar-refractivity contribution in [2.75, 3.05) is 0 Å². The molecule has 104 valence electrons. The van der Waals surface area contributed by atoms with E-state index < -0.39 is 32.2 Å². The molecule has 1 aromatic carbocycles. The molecule has 0 amide bonds. The molecule has 0 heterocycles. The van der Waals surface area contributed by atoms with Gasteiger partial charge in [-0.05, 0) is 33.8 Å². The predicted octanol–water partition coefficient (Wildman–Crippen LogP) is 3.01. The molecule has 0 radical (unpaired) electrons. The number of nitro benzene ring substituents is 1. The number of hydrogen-bond acceptors (Lipinski definition) is 3. The number of hydrogen-bond donors (Lipinski definition) is 0. The summed E-state index contributed by atoms with van der Waals surface area (Å²) in [6.07, 6.45) is 0. The minimum atomic E-state index is -1.54. The summed E-state index contributed by atoms with van der Waals surface area (Å²) in [7, 11) is -1.54. The Kier molecular flexibility index (Phi) is 4.52. The van der Waals surface area contributed by atoms with E-state index in [0.717, 1.165) is 6.07 Å². The average Bonchev–Trinajstić information content (AvgIpc) is 2.27. The van der Waals surface area contributed by atoms with Crippen LogP contribution in [0.25, 0.3) is 0 Å². The fourth-order valence-electron chi connectivity index (χ4n) is 1.25. The third-order valence-electron chi connectivity index (χ3n) is 2.31. The molecule has 19 heavy (non-hydrogen) atoms. The van der Waals surface area contributed by atoms with E-state index in [2.05, 4.69) is 4.40 Å². The van der Waals surface area contributed by atoms with Gasteiger partial charge < -0.3 is 0 Å². The molecular formula is C12H15FN2O3S. The molecule has 0 aliphatic heterocycles. The number of rotatable bonds is 3. The van der Waals surface area contributed by atoms with Crippen LogP contribution in [0, 0.1) is 15.9 Å². The van der Waals surface area contributed by atoms with Crippen molar-refractivity contribution in [2.45, 2.75) is 32.4 Å². The van der Waals surface area contributed by atoms with Crippen LogP contribution in [0.15, 0.2) is 22.6 Å². The van der Waals surface area contributed by atoms with E-state index in [9.17, 15) is 18.7 Å². The van der Waals surface area contributed by atoms with E-state index in [0.29, 0.717) is 0 Å². The largest absolute Gasteiger partial charge is 0.305 e. The summed E-state index contributed by atoms with van der Waals surface area (Å²) >= 11 is 0. The highest BCUT2D eigenvalue weighted by Crippen LogP contribution is 2.22. The molecule has 1 aromatic rings. The van der Waals surface area contributed by atoms with E-state index >= 15 is 0 Å². The molecule has 0 N–H and O–H groups in total. The van der Waals surface area contributed by atoms with E-state index in [1.54, 1.807) is 20.8 Å². The molecule has 1 atom stereocenters. The Morgan fingerprint density at radius 2 is 2.00 bits per heavy atom. The molecule has 0 fully saturated rings. The van der Waals surface area contributed by atoms with Crippen LogP contribution in [-0.2, 0) is 11.0 Å². The smallest absolute Gasteiger partial charge is 0.258 e. The van der Waals surface area contributed by atoms with Crippen molar-refractivity contribution in [3.63, 3.8) is 0 Å².